The van der Waals surface area contributed by atoms with Crippen LogP contribution in [-0.4, -0.2) is 17.8 Å². The van der Waals surface area contributed by atoms with Gasteiger partial charge in [-0.2, -0.15) is 0 Å². The summed E-state index contributed by atoms with van der Waals surface area (Å²) in [5.74, 6) is -3.59. The van der Waals surface area contributed by atoms with Gasteiger partial charge in [-0.3, -0.25) is 9.59 Å². The van der Waals surface area contributed by atoms with Gasteiger partial charge in [-0.15, -0.1) is 0 Å². The third kappa shape index (κ3) is 1.99. The van der Waals surface area contributed by atoms with Crippen molar-refractivity contribution in [3.05, 3.63) is 101 Å². The molecule has 0 radical (unpaired) electrons. The summed E-state index contributed by atoms with van der Waals surface area (Å²) in [6.07, 6.45) is 0. The molecular formula is C25H16NO4-. The number of rotatable bonds is 2. The lowest BCUT2D eigenvalue weighted by atomic mass is 9.55. The molecule has 1 heterocycles. The number of nitrogens with zero attached hydrogens (tertiary/aromatic N) is 1. The van der Waals surface area contributed by atoms with E-state index < -0.39 is 17.8 Å². The summed E-state index contributed by atoms with van der Waals surface area (Å²) in [4.78, 5) is 40.0. The smallest absolute Gasteiger partial charge is 0.238 e. The lowest BCUT2D eigenvalue weighted by Gasteiger charge is -2.45. The number of carbonyl (C=O) groups excluding carboxylic acids is 3. The summed E-state index contributed by atoms with van der Waals surface area (Å²) in [7, 11) is 0. The maximum Gasteiger partial charge on any atom is 0.238 e. The molecule has 2 amide bonds. The van der Waals surface area contributed by atoms with E-state index in [1.807, 2.05) is 48.5 Å². The lowest BCUT2D eigenvalue weighted by molar-refractivity contribution is -0.254. The number of benzene rings is 3. The number of carboxylic acids is 1. The molecule has 2 unspecified atom stereocenters. The standard InChI is InChI=1S/C25H17NO4/c27-23-21-19-13-7-1-2-8-14(13)20(16-10-4-3-9-15(16)19)22(21)24(28)26(23)18-12-6-5-11-17(18)25(29)30/h1-12,19-22H,(H,29,30)/p-1. The van der Waals surface area contributed by atoms with Crippen molar-refractivity contribution in [2.45, 2.75) is 11.8 Å². The molecule has 7 rings (SSSR count). The SMILES string of the molecule is O=C([O-])c1ccccc1N1C(=O)C2C3c4ccccc4C(c4ccccc43)C2C1=O. The van der Waals surface area contributed by atoms with Gasteiger partial charge in [0.1, 0.15) is 0 Å². The van der Waals surface area contributed by atoms with Crippen LogP contribution in [0.4, 0.5) is 5.69 Å². The fourth-order valence-corrected chi connectivity index (χ4v) is 5.76. The Balaban J connectivity index is 1.58. The Hall–Kier alpha value is -3.73. The minimum absolute atomic E-state index is 0.0920. The first-order valence-corrected chi connectivity index (χ1v) is 9.95. The molecule has 30 heavy (non-hydrogen) atoms. The van der Waals surface area contributed by atoms with Gasteiger partial charge < -0.3 is 9.90 Å². The van der Waals surface area contributed by atoms with E-state index in [2.05, 4.69) is 0 Å². The van der Waals surface area contributed by atoms with E-state index in [-0.39, 0.29) is 34.9 Å². The van der Waals surface area contributed by atoms with Crippen molar-refractivity contribution in [1.82, 2.24) is 0 Å². The molecule has 2 bridgehead atoms. The fraction of sp³-hybridized carbons (Fsp3) is 0.160. The van der Waals surface area contributed by atoms with Gasteiger partial charge in [0.05, 0.1) is 23.5 Å². The van der Waals surface area contributed by atoms with Gasteiger partial charge in [0.2, 0.25) is 11.8 Å². The third-order valence-electron chi connectivity index (χ3n) is 6.81. The minimum atomic E-state index is -1.41. The second kappa shape index (κ2) is 5.89. The van der Waals surface area contributed by atoms with E-state index >= 15 is 0 Å². The highest BCUT2D eigenvalue weighted by atomic mass is 16.4. The van der Waals surface area contributed by atoms with Crippen molar-refractivity contribution >= 4 is 23.5 Å². The minimum Gasteiger partial charge on any atom is -0.545 e. The summed E-state index contributed by atoms with van der Waals surface area (Å²) < 4.78 is 0. The molecule has 0 N–H and O–H groups in total. The quantitative estimate of drug-likeness (QED) is 0.626. The number of anilines is 1. The molecule has 5 heteroatoms. The van der Waals surface area contributed by atoms with Crippen LogP contribution < -0.4 is 10.0 Å². The molecule has 5 nitrogen and oxygen atoms in total. The van der Waals surface area contributed by atoms with E-state index in [1.54, 1.807) is 12.1 Å². The first kappa shape index (κ1) is 17.2. The number of para-hydroxylation sites is 1. The summed E-state index contributed by atoms with van der Waals surface area (Å²) in [5, 5.41) is 11.6. The molecule has 1 saturated heterocycles. The van der Waals surface area contributed by atoms with Crippen LogP contribution in [0.3, 0.4) is 0 Å². The number of amides is 2. The zero-order valence-corrected chi connectivity index (χ0v) is 15.8. The normalized spacial score (nSPS) is 25.7. The molecule has 0 spiro atoms. The van der Waals surface area contributed by atoms with Crippen molar-refractivity contribution in [2.24, 2.45) is 11.8 Å². The van der Waals surface area contributed by atoms with Gasteiger partial charge in [0, 0.05) is 17.4 Å². The first-order chi connectivity index (χ1) is 14.6. The Bertz CT molecular complexity index is 1150. The number of hydrogen-bond acceptors (Lipinski definition) is 4. The Morgan fingerprint density at radius 3 is 1.50 bits per heavy atom. The molecule has 0 aromatic heterocycles. The van der Waals surface area contributed by atoms with Crippen molar-refractivity contribution in [3.63, 3.8) is 0 Å². The average molecular weight is 394 g/mol. The van der Waals surface area contributed by atoms with E-state index in [0.29, 0.717) is 0 Å². The Kier molecular flexibility index (Phi) is 3.37. The Morgan fingerprint density at radius 1 is 0.667 bits per heavy atom. The van der Waals surface area contributed by atoms with E-state index in [9.17, 15) is 19.5 Å². The average Bonchev–Trinajstić information content (AvgIpc) is 3.04. The second-order valence-electron chi connectivity index (χ2n) is 8.08. The van der Waals surface area contributed by atoms with Crippen LogP contribution in [0, 0.1) is 11.8 Å². The number of carbonyl (C=O) groups is 3. The summed E-state index contributed by atoms with van der Waals surface area (Å²) in [6, 6.07) is 22.0. The maximum atomic E-state index is 13.6. The highest BCUT2D eigenvalue weighted by Gasteiger charge is 2.61. The lowest BCUT2D eigenvalue weighted by Crippen LogP contribution is -2.41. The van der Waals surface area contributed by atoms with Crippen LogP contribution in [0.25, 0.3) is 0 Å². The van der Waals surface area contributed by atoms with E-state index in [1.165, 1.54) is 12.1 Å². The molecule has 2 atom stereocenters. The van der Waals surface area contributed by atoms with Gasteiger partial charge in [-0.05, 0) is 28.3 Å². The van der Waals surface area contributed by atoms with Gasteiger partial charge in [-0.1, -0.05) is 66.7 Å². The van der Waals surface area contributed by atoms with Crippen LogP contribution in [0.5, 0.6) is 0 Å². The summed E-state index contributed by atoms with van der Waals surface area (Å²) in [5.41, 5.74) is 4.27. The molecule has 0 saturated carbocycles. The number of aromatic carboxylic acids is 1. The molecule has 3 aromatic carbocycles. The van der Waals surface area contributed by atoms with Crippen molar-refractivity contribution in [1.29, 1.82) is 0 Å². The Morgan fingerprint density at radius 2 is 1.07 bits per heavy atom. The summed E-state index contributed by atoms with van der Waals surface area (Å²) in [6.45, 7) is 0. The molecule has 1 fully saturated rings. The highest BCUT2D eigenvalue weighted by molar-refractivity contribution is 6.25. The van der Waals surface area contributed by atoms with Crippen molar-refractivity contribution in [2.75, 3.05) is 4.90 Å². The van der Waals surface area contributed by atoms with Crippen LogP contribution in [0.2, 0.25) is 0 Å². The number of hydrogen-bond donors (Lipinski definition) is 0. The first-order valence-electron chi connectivity index (χ1n) is 9.95. The van der Waals surface area contributed by atoms with Crippen LogP contribution in [-0.2, 0) is 9.59 Å². The third-order valence-corrected chi connectivity index (χ3v) is 6.81. The van der Waals surface area contributed by atoms with Crippen LogP contribution in [0.15, 0.2) is 72.8 Å². The highest BCUT2D eigenvalue weighted by Crippen LogP contribution is 2.61. The fourth-order valence-electron chi connectivity index (χ4n) is 5.76. The van der Waals surface area contributed by atoms with Crippen LogP contribution in [0.1, 0.15) is 44.4 Å². The molecular weight excluding hydrogens is 378 g/mol. The van der Waals surface area contributed by atoms with Gasteiger partial charge >= 0.3 is 0 Å². The number of carboxylic acid groups (broad SMARTS) is 1. The van der Waals surface area contributed by atoms with E-state index in [0.717, 1.165) is 27.2 Å². The molecule has 1 aliphatic heterocycles. The van der Waals surface area contributed by atoms with Gasteiger partial charge in [0.25, 0.3) is 0 Å². The largest absolute Gasteiger partial charge is 0.545 e. The monoisotopic (exact) mass is 394 g/mol. The van der Waals surface area contributed by atoms with E-state index in [4.69, 9.17) is 0 Å². The predicted molar refractivity (Wildman–Crippen MR) is 107 cm³/mol. The predicted octanol–water partition coefficient (Wildman–Crippen LogP) is 2.45. The molecule has 3 aliphatic carbocycles. The molecule has 146 valence electrons. The zero-order chi connectivity index (χ0) is 20.6. The van der Waals surface area contributed by atoms with Crippen molar-refractivity contribution in [3.8, 4) is 0 Å². The van der Waals surface area contributed by atoms with Crippen LogP contribution >= 0.6 is 0 Å². The maximum absolute atomic E-state index is 13.6. The summed E-state index contributed by atoms with van der Waals surface area (Å²) >= 11 is 0. The zero-order valence-electron chi connectivity index (χ0n) is 15.8. The van der Waals surface area contributed by atoms with Crippen molar-refractivity contribution < 1.29 is 19.5 Å². The molecule has 4 aliphatic rings. The van der Waals surface area contributed by atoms with Gasteiger partial charge in [0.15, 0.2) is 0 Å². The Labute approximate surface area is 172 Å². The molecule has 3 aromatic rings. The second-order valence-corrected chi connectivity index (χ2v) is 8.08. The van der Waals surface area contributed by atoms with Gasteiger partial charge in [-0.25, -0.2) is 4.90 Å². The number of imide groups is 1. The topological polar surface area (TPSA) is 77.5 Å².